The maximum atomic E-state index is 12.0. The van der Waals surface area contributed by atoms with Crippen LogP contribution >= 0.6 is 11.3 Å². The zero-order chi connectivity index (χ0) is 17.5. The van der Waals surface area contributed by atoms with Crippen molar-refractivity contribution in [3.8, 4) is 5.75 Å². The molecule has 3 N–H and O–H groups in total. The molecule has 0 saturated heterocycles. The largest absolute Gasteiger partial charge is 0.469 e. The summed E-state index contributed by atoms with van der Waals surface area (Å²) in [6, 6.07) is 5.90. The van der Waals surface area contributed by atoms with Gasteiger partial charge in [0.25, 0.3) is 0 Å². The number of carbonyl (C=O) groups is 3. The lowest BCUT2D eigenvalue weighted by Crippen LogP contribution is -2.11. The van der Waals surface area contributed by atoms with Gasteiger partial charge >= 0.3 is 11.9 Å². The number of esters is 2. The van der Waals surface area contributed by atoms with Crippen LogP contribution in [0.2, 0.25) is 0 Å². The molecular formula is C15H15N3O5S. The molecule has 0 fully saturated rings. The van der Waals surface area contributed by atoms with Crippen LogP contribution in [-0.2, 0) is 9.53 Å². The third-order valence-corrected chi connectivity index (χ3v) is 3.82. The Morgan fingerprint density at radius 2 is 1.96 bits per heavy atom. The summed E-state index contributed by atoms with van der Waals surface area (Å²) in [7, 11) is 1.32. The topological polar surface area (TPSA) is 121 Å². The molecule has 2 aromatic rings. The number of nitrogens with one attached hydrogen (secondary N) is 1. The number of hydrogen-bond donors (Lipinski definition) is 2. The Morgan fingerprint density at radius 1 is 1.25 bits per heavy atom. The first-order valence-corrected chi connectivity index (χ1v) is 7.70. The van der Waals surface area contributed by atoms with Gasteiger partial charge in [0.1, 0.15) is 10.6 Å². The fraction of sp³-hybridized carbons (Fsp3) is 0.200. The Hall–Kier alpha value is -2.94. The van der Waals surface area contributed by atoms with Crippen molar-refractivity contribution in [2.75, 3.05) is 19.0 Å². The van der Waals surface area contributed by atoms with Crippen molar-refractivity contribution in [2.24, 2.45) is 5.73 Å². The quantitative estimate of drug-likeness (QED) is 0.573. The number of anilines is 1. The Balaban J connectivity index is 1.90. The number of rotatable bonds is 7. The van der Waals surface area contributed by atoms with E-state index in [1.807, 2.05) is 0 Å². The number of primary amides is 1. The highest BCUT2D eigenvalue weighted by atomic mass is 32.1. The molecule has 1 amide bonds. The van der Waals surface area contributed by atoms with Crippen molar-refractivity contribution in [2.45, 2.75) is 6.42 Å². The zero-order valence-corrected chi connectivity index (χ0v) is 13.6. The molecule has 1 heterocycles. The zero-order valence-electron chi connectivity index (χ0n) is 12.8. The van der Waals surface area contributed by atoms with Gasteiger partial charge < -0.3 is 20.5 Å². The molecule has 0 aliphatic heterocycles. The van der Waals surface area contributed by atoms with Gasteiger partial charge in [0.2, 0.25) is 5.91 Å². The number of hydrogen-bond acceptors (Lipinski definition) is 8. The van der Waals surface area contributed by atoms with Crippen molar-refractivity contribution in [1.82, 2.24) is 4.98 Å². The molecule has 0 atom stereocenters. The van der Waals surface area contributed by atoms with E-state index in [9.17, 15) is 14.4 Å². The second kappa shape index (κ2) is 8.06. The van der Waals surface area contributed by atoms with Crippen LogP contribution in [0.25, 0.3) is 0 Å². The summed E-state index contributed by atoms with van der Waals surface area (Å²) in [4.78, 5) is 38.3. The summed E-state index contributed by atoms with van der Waals surface area (Å²) in [6.45, 7) is 0.350. The van der Waals surface area contributed by atoms with Crippen LogP contribution in [0.5, 0.6) is 5.75 Å². The van der Waals surface area contributed by atoms with Gasteiger partial charge in [-0.1, -0.05) is 11.3 Å². The predicted octanol–water partition coefficient (Wildman–Crippen LogP) is 1.44. The Labute approximate surface area is 141 Å². The minimum Gasteiger partial charge on any atom is -0.469 e. The van der Waals surface area contributed by atoms with Gasteiger partial charge in [0.15, 0.2) is 5.13 Å². The van der Waals surface area contributed by atoms with Gasteiger partial charge in [-0.15, -0.1) is 0 Å². The smallest absolute Gasteiger partial charge is 0.355 e. The SMILES string of the molecule is COC(=O)CCNc1ncc(C(=O)Oc2ccc(C(N)=O)cc2)s1. The van der Waals surface area contributed by atoms with E-state index in [0.29, 0.717) is 27.9 Å². The molecule has 8 nitrogen and oxygen atoms in total. The van der Waals surface area contributed by atoms with Gasteiger partial charge in [-0.3, -0.25) is 9.59 Å². The van der Waals surface area contributed by atoms with Gasteiger partial charge in [0, 0.05) is 12.1 Å². The van der Waals surface area contributed by atoms with Gasteiger partial charge in [0.05, 0.1) is 19.7 Å². The van der Waals surface area contributed by atoms with Crippen molar-refractivity contribution in [3.63, 3.8) is 0 Å². The van der Waals surface area contributed by atoms with E-state index >= 15 is 0 Å². The summed E-state index contributed by atoms with van der Waals surface area (Å²) < 4.78 is 9.71. The molecule has 1 aromatic heterocycles. The number of aromatic nitrogens is 1. The molecule has 0 bridgehead atoms. The van der Waals surface area contributed by atoms with E-state index in [-0.39, 0.29) is 12.4 Å². The lowest BCUT2D eigenvalue weighted by atomic mass is 10.2. The number of ether oxygens (including phenoxy) is 2. The second-order valence-electron chi connectivity index (χ2n) is 4.56. The summed E-state index contributed by atoms with van der Waals surface area (Å²) in [5.41, 5.74) is 5.46. The average molecular weight is 349 g/mol. The third-order valence-electron chi connectivity index (χ3n) is 2.89. The van der Waals surface area contributed by atoms with Gasteiger partial charge in [-0.05, 0) is 24.3 Å². The lowest BCUT2D eigenvalue weighted by molar-refractivity contribution is -0.140. The van der Waals surface area contributed by atoms with E-state index in [1.54, 1.807) is 0 Å². The summed E-state index contributed by atoms with van der Waals surface area (Å²) in [5.74, 6) is -1.17. The van der Waals surface area contributed by atoms with Crippen LogP contribution in [0.1, 0.15) is 26.5 Å². The number of nitrogens with zero attached hydrogens (tertiary/aromatic N) is 1. The van der Waals surface area contributed by atoms with Crippen LogP contribution in [0.4, 0.5) is 5.13 Å². The third kappa shape index (κ3) is 4.78. The van der Waals surface area contributed by atoms with Crippen molar-refractivity contribution < 1.29 is 23.9 Å². The van der Waals surface area contributed by atoms with Gasteiger partial charge in [-0.25, -0.2) is 9.78 Å². The molecule has 1 aromatic carbocycles. The van der Waals surface area contributed by atoms with E-state index in [1.165, 1.54) is 37.6 Å². The first kappa shape index (κ1) is 17.4. The number of carbonyl (C=O) groups excluding carboxylic acids is 3. The predicted molar refractivity (Wildman–Crippen MR) is 87.2 cm³/mol. The van der Waals surface area contributed by atoms with E-state index < -0.39 is 11.9 Å². The second-order valence-corrected chi connectivity index (χ2v) is 5.59. The van der Waals surface area contributed by atoms with Crippen LogP contribution in [0.15, 0.2) is 30.5 Å². The van der Waals surface area contributed by atoms with Crippen LogP contribution in [0.3, 0.4) is 0 Å². The van der Waals surface area contributed by atoms with Crippen LogP contribution in [-0.4, -0.2) is 36.5 Å². The molecule has 0 unspecified atom stereocenters. The number of thiazole rings is 1. The summed E-state index contributed by atoms with van der Waals surface area (Å²) >= 11 is 1.10. The summed E-state index contributed by atoms with van der Waals surface area (Å²) in [5, 5.41) is 3.41. The summed E-state index contributed by atoms with van der Waals surface area (Å²) in [6.07, 6.45) is 1.58. The van der Waals surface area contributed by atoms with E-state index in [4.69, 9.17) is 10.5 Å². The minimum absolute atomic E-state index is 0.196. The highest BCUT2D eigenvalue weighted by Crippen LogP contribution is 2.21. The maximum absolute atomic E-state index is 12.0. The monoisotopic (exact) mass is 349 g/mol. The van der Waals surface area contributed by atoms with Crippen molar-refractivity contribution in [1.29, 1.82) is 0 Å². The Kier molecular flexibility index (Phi) is 5.85. The minimum atomic E-state index is -0.569. The lowest BCUT2D eigenvalue weighted by Gasteiger charge is -2.03. The van der Waals surface area contributed by atoms with Crippen molar-refractivity contribution in [3.05, 3.63) is 40.9 Å². The molecule has 0 aliphatic carbocycles. The molecule has 0 radical (unpaired) electrons. The molecule has 0 saturated carbocycles. The van der Waals surface area contributed by atoms with Gasteiger partial charge in [-0.2, -0.15) is 0 Å². The van der Waals surface area contributed by atoms with E-state index in [0.717, 1.165) is 11.3 Å². The number of benzene rings is 1. The first-order valence-electron chi connectivity index (χ1n) is 6.88. The molecule has 9 heteroatoms. The fourth-order valence-corrected chi connectivity index (χ4v) is 2.39. The van der Waals surface area contributed by atoms with Crippen LogP contribution < -0.4 is 15.8 Å². The average Bonchev–Trinajstić information content (AvgIpc) is 3.04. The number of nitrogens with two attached hydrogens (primary N) is 1. The Bertz CT molecular complexity index is 742. The molecule has 126 valence electrons. The Morgan fingerprint density at radius 3 is 2.58 bits per heavy atom. The maximum Gasteiger partial charge on any atom is 0.355 e. The standard InChI is InChI=1S/C15H15N3O5S/c1-22-12(19)6-7-17-15-18-8-11(24-15)14(21)23-10-4-2-9(3-5-10)13(16)20/h2-5,8H,6-7H2,1H3,(H2,16,20)(H,17,18). The highest BCUT2D eigenvalue weighted by Gasteiger charge is 2.13. The molecular weight excluding hydrogens is 334 g/mol. The number of amides is 1. The number of methoxy groups -OCH3 is 1. The van der Waals surface area contributed by atoms with Crippen LogP contribution in [0, 0.1) is 0 Å². The molecule has 2 rings (SSSR count). The normalized spacial score (nSPS) is 10.0. The fourth-order valence-electron chi connectivity index (χ4n) is 1.67. The molecule has 0 spiro atoms. The molecule has 24 heavy (non-hydrogen) atoms. The van der Waals surface area contributed by atoms with Crippen molar-refractivity contribution >= 4 is 34.3 Å². The molecule has 0 aliphatic rings. The highest BCUT2D eigenvalue weighted by molar-refractivity contribution is 7.17. The first-order chi connectivity index (χ1) is 11.5. The van der Waals surface area contributed by atoms with E-state index in [2.05, 4.69) is 15.0 Å².